The van der Waals surface area contributed by atoms with Crippen LogP contribution in [0.25, 0.3) is 0 Å². The van der Waals surface area contributed by atoms with Crippen LogP contribution in [0.3, 0.4) is 0 Å². The largest absolute Gasteiger partial charge is 0.391 e. The molecule has 1 fully saturated rings. The molecule has 0 unspecified atom stereocenters. The fourth-order valence-electron chi connectivity index (χ4n) is 1.74. The highest BCUT2D eigenvalue weighted by molar-refractivity contribution is 5.44. The topological polar surface area (TPSA) is 36.4 Å². The molecule has 1 aliphatic heterocycles. The van der Waals surface area contributed by atoms with Gasteiger partial charge in [-0.2, -0.15) is 0 Å². The van der Waals surface area contributed by atoms with Gasteiger partial charge in [0.25, 0.3) is 0 Å². The van der Waals surface area contributed by atoms with Gasteiger partial charge >= 0.3 is 0 Å². The molecule has 0 saturated carbocycles. The highest BCUT2D eigenvalue weighted by Crippen LogP contribution is 2.18. The second-order valence-electron chi connectivity index (χ2n) is 3.45. The summed E-state index contributed by atoms with van der Waals surface area (Å²) in [5.41, 5.74) is 1.16. The number of piperidine rings is 1. The Bertz CT molecular complexity index is 263. The summed E-state index contributed by atoms with van der Waals surface area (Å²) >= 11 is 0. The third-order valence-electron chi connectivity index (χ3n) is 2.42. The van der Waals surface area contributed by atoms with Gasteiger partial charge in [-0.25, -0.2) is 0 Å². The van der Waals surface area contributed by atoms with E-state index in [0.717, 1.165) is 31.6 Å². The van der Waals surface area contributed by atoms with Gasteiger partial charge in [-0.3, -0.25) is 4.98 Å². The Morgan fingerprint density at radius 2 is 2.15 bits per heavy atom. The van der Waals surface area contributed by atoms with Crippen LogP contribution >= 0.6 is 0 Å². The summed E-state index contributed by atoms with van der Waals surface area (Å²) < 4.78 is 0. The molecule has 0 bridgehead atoms. The third-order valence-corrected chi connectivity index (χ3v) is 2.42. The number of β-amino-alcohol motifs (C(OH)–C–C–N with tert-alkyl or cyclic N) is 1. The van der Waals surface area contributed by atoms with Gasteiger partial charge in [-0.15, -0.1) is 0 Å². The molecule has 1 saturated heterocycles. The lowest BCUT2D eigenvalue weighted by Crippen LogP contribution is -2.38. The smallest absolute Gasteiger partial charge is 0.0715 e. The molecule has 0 radical (unpaired) electrons. The van der Waals surface area contributed by atoms with Gasteiger partial charge in [0.05, 0.1) is 6.10 Å². The predicted octanol–water partition coefficient (Wildman–Crippen LogP) is 1.04. The Kier molecular flexibility index (Phi) is 2.45. The van der Waals surface area contributed by atoms with Crippen LogP contribution in [0.4, 0.5) is 5.69 Å². The number of aromatic nitrogens is 1. The van der Waals surface area contributed by atoms with E-state index in [4.69, 9.17) is 0 Å². The quantitative estimate of drug-likeness (QED) is 0.698. The Morgan fingerprint density at radius 1 is 1.38 bits per heavy atom. The van der Waals surface area contributed by atoms with Crippen molar-refractivity contribution in [2.24, 2.45) is 0 Å². The molecule has 1 aliphatic rings. The van der Waals surface area contributed by atoms with E-state index >= 15 is 0 Å². The van der Waals surface area contributed by atoms with E-state index in [0.29, 0.717) is 0 Å². The standard InChI is InChI=1S/C10H14N2O/c13-10-2-1-7-12(8-10)9-3-5-11-6-4-9/h3-6,10,13H,1-2,7-8H2/t10-/m0/s1. The van der Waals surface area contributed by atoms with Crippen molar-refractivity contribution in [3.05, 3.63) is 24.5 Å². The Morgan fingerprint density at radius 3 is 2.85 bits per heavy atom. The molecular weight excluding hydrogens is 164 g/mol. The fraction of sp³-hybridized carbons (Fsp3) is 0.500. The average molecular weight is 178 g/mol. The summed E-state index contributed by atoms with van der Waals surface area (Å²) in [6.45, 7) is 1.80. The van der Waals surface area contributed by atoms with Crippen molar-refractivity contribution in [2.45, 2.75) is 18.9 Å². The number of pyridine rings is 1. The summed E-state index contributed by atoms with van der Waals surface area (Å²) in [6, 6.07) is 3.97. The van der Waals surface area contributed by atoms with Crippen molar-refractivity contribution in [3.8, 4) is 0 Å². The van der Waals surface area contributed by atoms with Crippen molar-refractivity contribution in [3.63, 3.8) is 0 Å². The lowest BCUT2D eigenvalue weighted by Gasteiger charge is -2.31. The molecule has 0 aromatic carbocycles. The monoisotopic (exact) mass is 178 g/mol. The van der Waals surface area contributed by atoms with E-state index in [1.54, 1.807) is 12.4 Å². The van der Waals surface area contributed by atoms with Crippen molar-refractivity contribution in [1.82, 2.24) is 4.98 Å². The van der Waals surface area contributed by atoms with Crippen LogP contribution in [0, 0.1) is 0 Å². The summed E-state index contributed by atoms with van der Waals surface area (Å²) in [6.07, 6.45) is 5.42. The van der Waals surface area contributed by atoms with Crippen LogP contribution in [-0.2, 0) is 0 Å². The van der Waals surface area contributed by atoms with Crippen LogP contribution < -0.4 is 4.90 Å². The first-order valence-corrected chi connectivity index (χ1v) is 4.69. The average Bonchev–Trinajstić information content (AvgIpc) is 2.19. The number of nitrogens with zero attached hydrogens (tertiary/aromatic N) is 2. The molecule has 1 atom stereocenters. The molecular formula is C10H14N2O. The third kappa shape index (κ3) is 1.98. The van der Waals surface area contributed by atoms with Crippen LogP contribution in [0.15, 0.2) is 24.5 Å². The maximum Gasteiger partial charge on any atom is 0.0715 e. The molecule has 0 amide bonds. The number of hydrogen-bond donors (Lipinski definition) is 1. The summed E-state index contributed by atoms with van der Waals surface area (Å²) in [5, 5.41) is 9.48. The minimum atomic E-state index is -0.165. The van der Waals surface area contributed by atoms with Gasteiger partial charge in [0, 0.05) is 31.2 Å². The fourth-order valence-corrected chi connectivity index (χ4v) is 1.74. The number of aliphatic hydroxyl groups is 1. The van der Waals surface area contributed by atoms with E-state index in [2.05, 4.69) is 9.88 Å². The zero-order valence-corrected chi connectivity index (χ0v) is 7.56. The molecule has 70 valence electrons. The van der Waals surface area contributed by atoms with Crippen LogP contribution in [0.2, 0.25) is 0 Å². The van der Waals surface area contributed by atoms with Gasteiger partial charge in [-0.05, 0) is 25.0 Å². The number of anilines is 1. The van der Waals surface area contributed by atoms with E-state index in [-0.39, 0.29) is 6.10 Å². The molecule has 2 rings (SSSR count). The molecule has 3 heteroatoms. The molecule has 0 aliphatic carbocycles. The van der Waals surface area contributed by atoms with Crippen LogP contribution in [-0.4, -0.2) is 29.3 Å². The van der Waals surface area contributed by atoms with Crippen LogP contribution in [0.1, 0.15) is 12.8 Å². The lowest BCUT2D eigenvalue weighted by atomic mass is 10.1. The maximum atomic E-state index is 9.48. The van der Waals surface area contributed by atoms with Gasteiger partial charge in [0.2, 0.25) is 0 Å². The molecule has 13 heavy (non-hydrogen) atoms. The normalized spacial score (nSPS) is 23.2. The van der Waals surface area contributed by atoms with Crippen LogP contribution in [0.5, 0.6) is 0 Å². The second-order valence-corrected chi connectivity index (χ2v) is 3.45. The number of aliphatic hydroxyl groups excluding tert-OH is 1. The Balaban J connectivity index is 2.08. The highest BCUT2D eigenvalue weighted by atomic mass is 16.3. The molecule has 3 nitrogen and oxygen atoms in total. The first-order chi connectivity index (χ1) is 6.36. The highest BCUT2D eigenvalue weighted by Gasteiger charge is 2.17. The zero-order valence-electron chi connectivity index (χ0n) is 7.56. The number of hydrogen-bond acceptors (Lipinski definition) is 3. The van der Waals surface area contributed by atoms with E-state index in [1.807, 2.05) is 12.1 Å². The molecule has 1 aromatic rings. The van der Waals surface area contributed by atoms with E-state index in [1.165, 1.54) is 0 Å². The molecule has 1 aromatic heterocycles. The SMILES string of the molecule is O[C@H]1CCCN(c2ccncc2)C1. The summed E-state index contributed by atoms with van der Waals surface area (Å²) in [5.74, 6) is 0. The second kappa shape index (κ2) is 3.75. The maximum absolute atomic E-state index is 9.48. The van der Waals surface area contributed by atoms with E-state index in [9.17, 15) is 5.11 Å². The van der Waals surface area contributed by atoms with Crippen molar-refractivity contribution in [2.75, 3.05) is 18.0 Å². The first kappa shape index (κ1) is 8.51. The van der Waals surface area contributed by atoms with Gasteiger partial charge in [0.1, 0.15) is 0 Å². The Labute approximate surface area is 78.0 Å². The Hall–Kier alpha value is -1.09. The van der Waals surface area contributed by atoms with Gasteiger partial charge in [-0.1, -0.05) is 0 Å². The lowest BCUT2D eigenvalue weighted by molar-refractivity contribution is 0.154. The van der Waals surface area contributed by atoms with Gasteiger partial charge < -0.3 is 10.0 Å². The molecule has 0 spiro atoms. The molecule has 2 heterocycles. The molecule has 1 N–H and O–H groups in total. The van der Waals surface area contributed by atoms with E-state index < -0.39 is 0 Å². The minimum Gasteiger partial charge on any atom is -0.391 e. The first-order valence-electron chi connectivity index (χ1n) is 4.69. The summed E-state index contributed by atoms with van der Waals surface area (Å²) in [4.78, 5) is 6.17. The van der Waals surface area contributed by atoms with Crippen molar-refractivity contribution in [1.29, 1.82) is 0 Å². The zero-order chi connectivity index (χ0) is 9.10. The van der Waals surface area contributed by atoms with Crippen molar-refractivity contribution >= 4 is 5.69 Å². The number of rotatable bonds is 1. The van der Waals surface area contributed by atoms with Crippen molar-refractivity contribution < 1.29 is 5.11 Å². The van der Waals surface area contributed by atoms with Gasteiger partial charge in [0.15, 0.2) is 0 Å². The predicted molar refractivity (Wildman–Crippen MR) is 51.7 cm³/mol. The summed E-state index contributed by atoms with van der Waals surface area (Å²) in [7, 11) is 0. The minimum absolute atomic E-state index is 0.165.